The van der Waals surface area contributed by atoms with Gasteiger partial charge < -0.3 is 9.72 Å². The molecular formula is C13H13IN2O. The van der Waals surface area contributed by atoms with E-state index in [4.69, 9.17) is 4.74 Å². The monoisotopic (exact) mass is 340 g/mol. The van der Waals surface area contributed by atoms with Gasteiger partial charge in [0.25, 0.3) is 0 Å². The van der Waals surface area contributed by atoms with Crippen LogP contribution in [0, 0.1) is 3.57 Å². The molecule has 4 heteroatoms. The number of nitrogens with zero attached hydrogens (tertiary/aromatic N) is 1. The maximum absolute atomic E-state index is 5.35. The van der Waals surface area contributed by atoms with Crippen molar-refractivity contribution in [2.24, 2.45) is 4.99 Å². The van der Waals surface area contributed by atoms with E-state index in [2.05, 4.69) is 45.6 Å². The topological polar surface area (TPSA) is 37.4 Å². The van der Waals surface area contributed by atoms with Gasteiger partial charge >= 0.3 is 0 Å². The van der Waals surface area contributed by atoms with E-state index in [9.17, 15) is 0 Å². The van der Waals surface area contributed by atoms with Crippen molar-refractivity contribution in [1.29, 1.82) is 0 Å². The summed E-state index contributed by atoms with van der Waals surface area (Å²) in [4.78, 5) is 7.98. The molecule has 17 heavy (non-hydrogen) atoms. The number of ether oxygens (including phenoxy) is 1. The molecule has 1 aromatic heterocycles. The first kappa shape index (κ1) is 11.1. The predicted octanol–water partition coefficient (Wildman–Crippen LogP) is 3.15. The van der Waals surface area contributed by atoms with Crippen LogP contribution < -0.4 is 4.74 Å². The first-order chi connectivity index (χ1) is 8.22. The molecule has 2 aromatic rings. The van der Waals surface area contributed by atoms with E-state index in [1.165, 1.54) is 22.2 Å². The molecule has 0 fully saturated rings. The summed E-state index contributed by atoms with van der Waals surface area (Å²) in [6, 6.07) is 4.18. The summed E-state index contributed by atoms with van der Waals surface area (Å²) in [5, 5.41) is 1.31. The van der Waals surface area contributed by atoms with Crippen molar-refractivity contribution in [3.05, 3.63) is 27.0 Å². The Morgan fingerprint density at radius 2 is 2.24 bits per heavy atom. The maximum Gasteiger partial charge on any atom is 0.134 e. The summed E-state index contributed by atoms with van der Waals surface area (Å²) in [5.74, 6) is 0.922. The predicted molar refractivity (Wildman–Crippen MR) is 78.3 cm³/mol. The van der Waals surface area contributed by atoms with Crippen LogP contribution in [0.4, 0.5) is 0 Å². The summed E-state index contributed by atoms with van der Waals surface area (Å²) < 4.78 is 6.50. The van der Waals surface area contributed by atoms with Crippen molar-refractivity contribution in [2.75, 3.05) is 13.7 Å². The fourth-order valence-corrected chi connectivity index (χ4v) is 3.23. The van der Waals surface area contributed by atoms with Crippen LogP contribution in [0.5, 0.6) is 5.75 Å². The minimum atomic E-state index is 0.897. The lowest BCUT2D eigenvalue weighted by molar-refractivity contribution is 0.412. The summed E-state index contributed by atoms with van der Waals surface area (Å²) in [6.07, 6.45) is 1.02. The molecule has 2 heterocycles. The second-order valence-corrected chi connectivity index (χ2v) is 5.28. The first-order valence-electron chi connectivity index (χ1n) is 5.61. The van der Waals surface area contributed by atoms with Crippen LogP contribution >= 0.6 is 22.6 Å². The molecule has 1 aromatic carbocycles. The minimum Gasteiger partial charge on any atom is -0.496 e. The molecule has 1 aliphatic heterocycles. The van der Waals surface area contributed by atoms with Gasteiger partial charge in [0, 0.05) is 11.9 Å². The zero-order valence-electron chi connectivity index (χ0n) is 9.80. The Morgan fingerprint density at radius 1 is 1.41 bits per heavy atom. The van der Waals surface area contributed by atoms with Crippen LogP contribution in [-0.4, -0.2) is 24.4 Å². The molecule has 1 aliphatic rings. The van der Waals surface area contributed by atoms with E-state index >= 15 is 0 Å². The highest BCUT2D eigenvalue weighted by molar-refractivity contribution is 14.1. The van der Waals surface area contributed by atoms with Gasteiger partial charge in [-0.1, -0.05) is 0 Å². The quantitative estimate of drug-likeness (QED) is 0.796. The smallest absolute Gasteiger partial charge is 0.134 e. The highest BCUT2D eigenvalue weighted by atomic mass is 127. The van der Waals surface area contributed by atoms with Gasteiger partial charge in [-0.3, -0.25) is 4.99 Å². The second kappa shape index (κ2) is 4.01. The van der Waals surface area contributed by atoms with Gasteiger partial charge in [0.05, 0.1) is 27.6 Å². The van der Waals surface area contributed by atoms with Crippen molar-refractivity contribution in [3.8, 4) is 5.75 Å². The second-order valence-electron chi connectivity index (χ2n) is 4.20. The standard InChI is InChI=1S/C13H13IN2O/c1-7-12-9(5-6-15-7)8-3-4-10(17-2)11(14)13(8)16-12/h3-4,16H,5-6H2,1-2H3. The van der Waals surface area contributed by atoms with Crippen LogP contribution in [0.1, 0.15) is 18.2 Å². The number of rotatable bonds is 1. The Morgan fingerprint density at radius 3 is 3.00 bits per heavy atom. The third kappa shape index (κ3) is 1.57. The van der Waals surface area contributed by atoms with E-state index in [0.29, 0.717) is 0 Å². The SMILES string of the molecule is COc1ccc2c3c([nH]c2c1I)C(C)=NCC3. The number of aromatic nitrogens is 1. The number of nitrogens with one attached hydrogen (secondary N) is 1. The molecule has 0 saturated carbocycles. The van der Waals surface area contributed by atoms with Crippen molar-refractivity contribution >= 4 is 39.2 Å². The summed E-state index contributed by atoms with van der Waals surface area (Å²) in [6.45, 7) is 2.96. The molecule has 0 saturated heterocycles. The molecule has 1 N–H and O–H groups in total. The molecule has 0 atom stereocenters. The van der Waals surface area contributed by atoms with Gasteiger partial charge in [-0.2, -0.15) is 0 Å². The molecule has 0 amide bonds. The molecule has 88 valence electrons. The van der Waals surface area contributed by atoms with E-state index in [1.54, 1.807) is 7.11 Å². The highest BCUT2D eigenvalue weighted by Crippen LogP contribution is 2.33. The van der Waals surface area contributed by atoms with Crippen LogP contribution in [0.3, 0.4) is 0 Å². The average molecular weight is 340 g/mol. The molecule has 0 radical (unpaired) electrons. The highest BCUT2D eigenvalue weighted by Gasteiger charge is 2.19. The lowest BCUT2D eigenvalue weighted by atomic mass is 10.0. The number of hydrogen-bond acceptors (Lipinski definition) is 2. The van der Waals surface area contributed by atoms with Crippen molar-refractivity contribution in [3.63, 3.8) is 0 Å². The first-order valence-corrected chi connectivity index (χ1v) is 6.68. The molecular weight excluding hydrogens is 327 g/mol. The lowest BCUT2D eigenvalue weighted by Crippen LogP contribution is -2.08. The van der Waals surface area contributed by atoms with Gasteiger partial charge in [-0.25, -0.2) is 0 Å². The van der Waals surface area contributed by atoms with Gasteiger partial charge in [0.15, 0.2) is 0 Å². The summed E-state index contributed by atoms with van der Waals surface area (Å²) in [7, 11) is 1.71. The number of hydrogen-bond donors (Lipinski definition) is 1. The van der Waals surface area contributed by atoms with E-state index in [1.807, 2.05) is 6.07 Å². The molecule has 3 rings (SSSR count). The Balaban J connectivity index is 2.35. The number of aromatic amines is 1. The van der Waals surface area contributed by atoms with Gasteiger partial charge in [-0.15, -0.1) is 0 Å². The molecule has 0 bridgehead atoms. The minimum absolute atomic E-state index is 0.897. The average Bonchev–Trinajstić information content (AvgIpc) is 2.71. The molecule has 0 aliphatic carbocycles. The third-order valence-electron chi connectivity index (χ3n) is 3.28. The number of benzene rings is 1. The molecule has 0 spiro atoms. The summed E-state index contributed by atoms with van der Waals surface area (Å²) in [5.41, 5.74) is 4.87. The van der Waals surface area contributed by atoms with Crippen molar-refractivity contribution < 1.29 is 4.74 Å². The Kier molecular flexibility index (Phi) is 2.61. The van der Waals surface area contributed by atoms with Gasteiger partial charge in [-0.05, 0) is 53.6 Å². The van der Waals surface area contributed by atoms with Gasteiger partial charge in [0.1, 0.15) is 5.75 Å². The number of aliphatic imine (C=N–C) groups is 1. The van der Waals surface area contributed by atoms with E-state index in [-0.39, 0.29) is 0 Å². The Labute approximate surface area is 113 Å². The Bertz CT molecular complexity index is 628. The zero-order chi connectivity index (χ0) is 12.0. The number of fused-ring (bicyclic) bond motifs is 3. The summed E-state index contributed by atoms with van der Waals surface area (Å²) >= 11 is 2.33. The third-order valence-corrected chi connectivity index (χ3v) is 4.35. The molecule has 3 nitrogen and oxygen atoms in total. The fraction of sp³-hybridized carbons (Fsp3) is 0.308. The number of H-pyrrole nitrogens is 1. The van der Waals surface area contributed by atoms with Gasteiger partial charge in [0.2, 0.25) is 0 Å². The fourth-order valence-electron chi connectivity index (χ4n) is 2.41. The normalized spacial score (nSPS) is 14.6. The van der Waals surface area contributed by atoms with Crippen LogP contribution in [0.25, 0.3) is 10.9 Å². The van der Waals surface area contributed by atoms with E-state index < -0.39 is 0 Å². The largest absolute Gasteiger partial charge is 0.496 e. The zero-order valence-corrected chi connectivity index (χ0v) is 12.0. The van der Waals surface area contributed by atoms with Crippen LogP contribution in [-0.2, 0) is 6.42 Å². The van der Waals surface area contributed by atoms with Crippen LogP contribution in [0.15, 0.2) is 17.1 Å². The maximum atomic E-state index is 5.35. The molecule has 0 unspecified atom stereocenters. The number of methoxy groups -OCH3 is 1. The Hall–Kier alpha value is -1.04. The van der Waals surface area contributed by atoms with Crippen molar-refractivity contribution in [2.45, 2.75) is 13.3 Å². The van der Waals surface area contributed by atoms with Crippen LogP contribution in [0.2, 0.25) is 0 Å². The van der Waals surface area contributed by atoms with E-state index in [0.717, 1.165) is 28.0 Å². The van der Waals surface area contributed by atoms with Crippen molar-refractivity contribution in [1.82, 2.24) is 4.98 Å². The number of halogens is 1. The lowest BCUT2D eigenvalue weighted by Gasteiger charge is -2.09.